The molecule has 23 heavy (non-hydrogen) atoms. The lowest BCUT2D eigenvalue weighted by atomic mass is 10.0. The van der Waals surface area contributed by atoms with Crippen LogP contribution >= 0.6 is 11.6 Å². The number of Topliss-reactive ketones (excluding diaryl/α,β-unsaturated/α-hetero) is 1. The molecule has 0 saturated heterocycles. The van der Waals surface area contributed by atoms with Gasteiger partial charge < -0.3 is 15.1 Å². The Morgan fingerprint density at radius 1 is 1.09 bits per heavy atom. The Balaban J connectivity index is 2.03. The van der Waals surface area contributed by atoms with Crippen LogP contribution in [-0.2, 0) is 4.79 Å². The minimum atomic E-state index is -1.20. The van der Waals surface area contributed by atoms with E-state index in [9.17, 15) is 15.0 Å². The van der Waals surface area contributed by atoms with Gasteiger partial charge in [-0.1, -0.05) is 54.1 Å². The number of benzene rings is 2. The molecule has 0 fully saturated rings. The Labute approximate surface area is 139 Å². The SMILES string of the molecule is O=C1C(Cl)=C(CO)N(c2cccc(-c3ccccc3)c2)CC1O. The molecule has 5 heteroatoms. The van der Waals surface area contributed by atoms with Gasteiger partial charge in [-0.15, -0.1) is 0 Å². The molecule has 3 rings (SSSR count). The van der Waals surface area contributed by atoms with E-state index in [4.69, 9.17) is 11.6 Å². The van der Waals surface area contributed by atoms with Crippen LogP contribution in [0.25, 0.3) is 11.1 Å². The maximum Gasteiger partial charge on any atom is 0.206 e. The molecule has 1 heterocycles. The molecule has 2 aromatic carbocycles. The quantitative estimate of drug-likeness (QED) is 0.908. The van der Waals surface area contributed by atoms with Crippen molar-refractivity contribution < 1.29 is 15.0 Å². The Morgan fingerprint density at radius 2 is 1.78 bits per heavy atom. The summed E-state index contributed by atoms with van der Waals surface area (Å²) in [7, 11) is 0. The van der Waals surface area contributed by atoms with Crippen LogP contribution < -0.4 is 4.90 Å². The molecule has 0 spiro atoms. The van der Waals surface area contributed by atoms with Crippen molar-refractivity contribution in [3.63, 3.8) is 0 Å². The van der Waals surface area contributed by atoms with E-state index in [0.717, 1.165) is 16.8 Å². The summed E-state index contributed by atoms with van der Waals surface area (Å²) in [6.07, 6.45) is -1.20. The highest BCUT2D eigenvalue weighted by atomic mass is 35.5. The Hall–Kier alpha value is -2.14. The predicted molar refractivity (Wildman–Crippen MR) is 90.2 cm³/mol. The zero-order valence-corrected chi connectivity index (χ0v) is 13.1. The first kappa shape index (κ1) is 15.7. The summed E-state index contributed by atoms with van der Waals surface area (Å²) in [6, 6.07) is 17.5. The summed E-state index contributed by atoms with van der Waals surface area (Å²) in [5.41, 5.74) is 3.14. The van der Waals surface area contributed by atoms with Crippen LogP contribution in [0.1, 0.15) is 0 Å². The topological polar surface area (TPSA) is 60.8 Å². The molecule has 2 aromatic rings. The van der Waals surface area contributed by atoms with E-state index < -0.39 is 11.9 Å². The number of ketones is 1. The molecule has 0 aliphatic carbocycles. The van der Waals surface area contributed by atoms with Gasteiger partial charge in [0, 0.05) is 5.69 Å². The lowest BCUT2D eigenvalue weighted by Gasteiger charge is -2.33. The van der Waals surface area contributed by atoms with Gasteiger partial charge in [0.1, 0.15) is 11.1 Å². The number of halogens is 1. The molecule has 1 atom stereocenters. The molecule has 2 N–H and O–H groups in total. The van der Waals surface area contributed by atoms with Gasteiger partial charge in [0.15, 0.2) is 0 Å². The van der Waals surface area contributed by atoms with E-state index in [0.29, 0.717) is 5.70 Å². The van der Waals surface area contributed by atoms with Crippen LogP contribution in [0.2, 0.25) is 0 Å². The number of carbonyl (C=O) groups excluding carboxylic acids is 1. The maximum atomic E-state index is 11.8. The van der Waals surface area contributed by atoms with Crippen molar-refractivity contribution in [1.29, 1.82) is 0 Å². The third kappa shape index (κ3) is 3.01. The number of β-amino-alcohol motifs (C(OH)–C–C–N with tert-alkyl or cyclic N) is 1. The number of rotatable bonds is 3. The van der Waals surface area contributed by atoms with Gasteiger partial charge in [0.25, 0.3) is 0 Å². The van der Waals surface area contributed by atoms with Crippen molar-refractivity contribution in [2.45, 2.75) is 6.10 Å². The predicted octanol–water partition coefficient (Wildman–Crippen LogP) is 2.55. The van der Waals surface area contributed by atoms with Crippen molar-refractivity contribution in [2.75, 3.05) is 18.1 Å². The van der Waals surface area contributed by atoms with Gasteiger partial charge in [-0.2, -0.15) is 0 Å². The van der Waals surface area contributed by atoms with E-state index in [1.54, 1.807) is 4.90 Å². The monoisotopic (exact) mass is 329 g/mol. The van der Waals surface area contributed by atoms with E-state index in [1.807, 2.05) is 54.6 Å². The lowest BCUT2D eigenvalue weighted by Crippen LogP contribution is -2.43. The molecule has 1 aliphatic rings. The number of hydrogen-bond acceptors (Lipinski definition) is 4. The Morgan fingerprint density at radius 3 is 2.48 bits per heavy atom. The number of nitrogens with zero attached hydrogens (tertiary/aromatic N) is 1. The van der Waals surface area contributed by atoms with Crippen LogP contribution in [0.5, 0.6) is 0 Å². The summed E-state index contributed by atoms with van der Waals surface area (Å²) in [4.78, 5) is 13.5. The van der Waals surface area contributed by atoms with Gasteiger partial charge in [0.2, 0.25) is 5.78 Å². The standard InChI is InChI=1S/C18H16ClNO3/c19-17-15(11-21)20(10-16(22)18(17)23)14-8-4-7-13(9-14)12-5-2-1-3-6-12/h1-9,16,21-22H,10-11H2. The van der Waals surface area contributed by atoms with Crippen LogP contribution in [-0.4, -0.2) is 35.3 Å². The average molecular weight is 330 g/mol. The van der Waals surface area contributed by atoms with Crippen LogP contribution in [0.4, 0.5) is 5.69 Å². The minimum Gasteiger partial charge on any atom is -0.390 e. The molecule has 4 nitrogen and oxygen atoms in total. The van der Waals surface area contributed by atoms with Gasteiger partial charge in [0.05, 0.1) is 18.8 Å². The van der Waals surface area contributed by atoms with E-state index in [2.05, 4.69) is 0 Å². The first-order valence-electron chi connectivity index (χ1n) is 7.26. The summed E-state index contributed by atoms with van der Waals surface area (Å²) in [5.74, 6) is -0.550. The van der Waals surface area contributed by atoms with Crippen LogP contribution in [0.3, 0.4) is 0 Å². The molecular weight excluding hydrogens is 314 g/mol. The van der Waals surface area contributed by atoms with Crippen LogP contribution in [0, 0.1) is 0 Å². The molecular formula is C18H16ClNO3. The van der Waals surface area contributed by atoms with E-state index in [1.165, 1.54) is 0 Å². The Bertz CT molecular complexity index is 758. The van der Waals surface area contributed by atoms with E-state index >= 15 is 0 Å². The van der Waals surface area contributed by atoms with Crippen molar-refractivity contribution >= 4 is 23.1 Å². The van der Waals surface area contributed by atoms with Crippen LogP contribution in [0.15, 0.2) is 65.3 Å². The molecule has 0 saturated carbocycles. The second-order valence-electron chi connectivity index (χ2n) is 5.33. The highest BCUT2D eigenvalue weighted by molar-refractivity contribution is 6.44. The van der Waals surface area contributed by atoms with Crippen molar-refractivity contribution in [1.82, 2.24) is 0 Å². The number of anilines is 1. The largest absolute Gasteiger partial charge is 0.390 e. The number of aliphatic hydroxyl groups excluding tert-OH is 2. The summed E-state index contributed by atoms with van der Waals surface area (Å²) in [6.45, 7) is -0.296. The minimum absolute atomic E-state index is 0.0726. The van der Waals surface area contributed by atoms with Gasteiger partial charge in [-0.25, -0.2) is 0 Å². The fourth-order valence-corrected chi connectivity index (χ4v) is 2.96. The lowest BCUT2D eigenvalue weighted by molar-refractivity contribution is -0.122. The fraction of sp³-hybridized carbons (Fsp3) is 0.167. The van der Waals surface area contributed by atoms with Crippen molar-refractivity contribution in [3.8, 4) is 11.1 Å². The highest BCUT2D eigenvalue weighted by Crippen LogP contribution is 2.31. The van der Waals surface area contributed by atoms with Gasteiger partial charge >= 0.3 is 0 Å². The van der Waals surface area contributed by atoms with Gasteiger partial charge in [-0.05, 0) is 23.3 Å². The molecule has 1 unspecified atom stereocenters. The van der Waals surface area contributed by atoms with Crippen molar-refractivity contribution in [2.24, 2.45) is 0 Å². The highest BCUT2D eigenvalue weighted by Gasteiger charge is 2.32. The zero-order chi connectivity index (χ0) is 16.4. The molecule has 0 amide bonds. The summed E-state index contributed by atoms with van der Waals surface area (Å²) >= 11 is 6.00. The smallest absolute Gasteiger partial charge is 0.206 e. The summed E-state index contributed by atoms with van der Waals surface area (Å²) in [5, 5.41) is 19.3. The average Bonchev–Trinajstić information content (AvgIpc) is 2.60. The number of aliphatic hydroxyl groups is 2. The second-order valence-corrected chi connectivity index (χ2v) is 5.70. The zero-order valence-electron chi connectivity index (χ0n) is 12.3. The number of hydrogen-bond donors (Lipinski definition) is 2. The molecule has 118 valence electrons. The third-order valence-corrected chi connectivity index (χ3v) is 4.27. The molecule has 1 aliphatic heterocycles. The van der Waals surface area contributed by atoms with Gasteiger partial charge in [-0.3, -0.25) is 4.79 Å². The molecule has 0 bridgehead atoms. The third-order valence-electron chi connectivity index (χ3n) is 3.87. The molecule has 0 aromatic heterocycles. The number of carbonyl (C=O) groups is 1. The normalized spacial score (nSPS) is 18.5. The molecule has 0 radical (unpaired) electrons. The summed E-state index contributed by atoms with van der Waals surface area (Å²) < 4.78 is 0. The van der Waals surface area contributed by atoms with Crippen molar-refractivity contribution in [3.05, 3.63) is 65.3 Å². The van der Waals surface area contributed by atoms with E-state index in [-0.39, 0.29) is 18.2 Å². The maximum absolute atomic E-state index is 11.8. The second kappa shape index (κ2) is 6.54. The first-order chi connectivity index (χ1) is 11.1. The fourth-order valence-electron chi connectivity index (χ4n) is 2.67. The first-order valence-corrected chi connectivity index (χ1v) is 7.64. The Kier molecular flexibility index (Phi) is 4.48.